The topological polar surface area (TPSA) is 96.3 Å². The van der Waals surface area contributed by atoms with Crippen LogP contribution in [0.4, 0.5) is 0 Å². The van der Waals surface area contributed by atoms with E-state index in [4.69, 9.17) is 5.21 Å². The fraction of sp³-hybridized carbons (Fsp3) is 0.250. The molecule has 7 nitrogen and oxygen atoms in total. The lowest BCUT2D eigenvalue weighted by Gasteiger charge is -2.15. The molecule has 3 rings (SSSR count). The van der Waals surface area contributed by atoms with Gasteiger partial charge in [-0.2, -0.15) is 0 Å². The zero-order chi connectivity index (χ0) is 19.2. The van der Waals surface area contributed by atoms with Crippen molar-refractivity contribution >= 4 is 22.8 Å². The maximum Gasteiger partial charge on any atom is 0.256 e. The zero-order valence-corrected chi connectivity index (χ0v) is 15.1. The van der Waals surface area contributed by atoms with Crippen molar-refractivity contribution in [3.8, 4) is 0 Å². The number of hydrogen-bond donors (Lipinski definition) is 3. The zero-order valence-electron chi connectivity index (χ0n) is 15.1. The third-order valence-corrected chi connectivity index (χ3v) is 4.57. The molecule has 0 saturated carbocycles. The Bertz CT molecular complexity index is 937. The Morgan fingerprint density at radius 1 is 1.07 bits per heavy atom. The second-order valence-electron chi connectivity index (χ2n) is 6.34. The predicted molar refractivity (Wildman–Crippen MR) is 101 cm³/mol. The number of nitrogens with one attached hydrogen (secondary N) is 2. The predicted octanol–water partition coefficient (Wildman–Crippen LogP) is 1.60. The van der Waals surface area contributed by atoms with Crippen LogP contribution in [0.25, 0.3) is 11.0 Å². The van der Waals surface area contributed by atoms with Gasteiger partial charge in [-0.05, 0) is 24.1 Å². The summed E-state index contributed by atoms with van der Waals surface area (Å²) in [5.41, 5.74) is 4.40. The lowest BCUT2D eigenvalue weighted by Crippen LogP contribution is -2.42. The van der Waals surface area contributed by atoms with Gasteiger partial charge in [-0.3, -0.25) is 14.8 Å². The van der Waals surface area contributed by atoms with Crippen LogP contribution in [-0.2, 0) is 29.5 Å². The first-order chi connectivity index (χ1) is 13.1. The van der Waals surface area contributed by atoms with Crippen molar-refractivity contribution in [3.05, 3.63) is 66.0 Å². The van der Waals surface area contributed by atoms with E-state index in [1.54, 1.807) is 5.48 Å². The van der Waals surface area contributed by atoms with Gasteiger partial charge in [0.2, 0.25) is 5.91 Å². The summed E-state index contributed by atoms with van der Waals surface area (Å²) in [4.78, 5) is 29.1. The SMILES string of the molecule is Cn1c(CC(C(=O)NO)C(=O)NCCc2ccccc2)nc2ccccc21. The average molecular weight is 366 g/mol. The van der Waals surface area contributed by atoms with E-state index in [0.29, 0.717) is 18.8 Å². The van der Waals surface area contributed by atoms with Crippen molar-refractivity contribution in [2.45, 2.75) is 12.8 Å². The van der Waals surface area contributed by atoms with Crippen molar-refractivity contribution < 1.29 is 14.8 Å². The molecule has 1 heterocycles. The molecule has 0 aliphatic rings. The summed E-state index contributed by atoms with van der Waals surface area (Å²) >= 11 is 0. The van der Waals surface area contributed by atoms with Crippen LogP contribution in [0.3, 0.4) is 0 Å². The number of para-hydroxylation sites is 2. The van der Waals surface area contributed by atoms with Gasteiger partial charge in [0.25, 0.3) is 5.91 Å². The largest absolute Gasteiger partial charge is 0.355 e. The monoisotopic (exact) mass is 366 g/mol. The molecule has 0 bridgehead atoms. The van der Waals surface area contributed by atoms with E-state index >= 15 is 0 Å². The van der Waals surface area contributed by atoms with E-state index in [2.05, 4.69) is 10.3 Å². The van der Waals surface area contributed by atoms with E-state index < -0.39 is 17.7 Å². The molecular weight excluding hydrogens is 344 g/mol. The van der Waals surface area contributed by atoms with Crippen LogP contribution in [0.1, 0.15) is 11.4 Å². The molecule has 27 heavy (non-hydrogen) atoms. The first-order valence-electron chi connectivity index (χ1n) is 8.76. The first-order valence-corrected chi connectivity index (χ1v) is 8.76. The molecule has 0 aliphatic heterocycles. The number of amides is 2. The molecule has 2 amide bonds. The lowest BCUT2D eigenvalue weighted by molar-refractivity contribution is -0.140. The van der Waals surface area contributed by atoms with E-state index in [9.17, 15) is 9.59 Å². The van der Waals surface area contributed by atoms with Crippen LogP contribution in [0.5, 0.6) is 0 Å². The molecule has 0 fully saturated rings. The number of hydrogen-bond acceptors (Lipinski definition) is 4. The van der Waals surface area contributed by atoms with Crippen LogP contribution in [-0.4, -0.2) is 33.1 Å². The second kappa shape index (κ2) is 8.46. The van der Waals surface area contributed by atoms with Gasteiger partial charge >= 0.3 is 0 Å². The minimum atomic E-state index is -1.07. The van der Waals surface area contributed by atoms with Gasteiger partial charge in [-0.1, -0.05) is 42.5 Å². The first kappa shape index (κ1) is 18.6. The summed E-state index contributed by atoms with van der Waals surface area (Å²) in [6.45, 7) is 0.403. The Balaban J connectivity index is 1.70. The van der Waals surface area contributed by atoms with Crippen LogP contribution in [0, 0.1) is 5.92 Å². The molecular formula is C20H22N4O3. The fourth-order valence-corrected chi connectivity index (χ4v) is 3.04. The molecule has 3 N–H and O–H groups in total. The third-order valence-electron chi connectivity index (χ3n) is 4.57. The molecule has 3 aromatic rings. The van der Waals surface area contributed by atoms with Crippen LogP contribution >= 0.6 is 0 Å². The van der Waals surface area contributed by atoms with E-state index in [-0.39, 0.29) is 6.42 Å². The van der Waals surface area contributed by atoms with Crippen LogP contribution in [0.2, 0.25) is 0 Å². The molecule has 0 aliphatic carbocycles. The second-order valence-corrected chi connectivity index (χ2v) is 6.34. The number of imidazole rings is 1. The molecule has 0 radical (unpaired) electrons. The third kappa shape index (κ3) is 4.32. The van der Waals surface area contributed by atoms with Gasteiger partial charge in [0.15, 0.2) is 0 Å². The van der Waals surface area contributed by atoms with Crippen LogP contribution < -0.4 is 10.8 Å². The normalized spacial score (nSPS) is 11.9. The van der Waals surface area contributed by atoms with Gasteiger partial charge in [-0.25, -0.2) is 10.5 Å². The maximum absolute atomic E-state index is 12.5. The summed E-state index contributed by atoms with van der Waals surface area (Å²) in [5.74, 6) is -1.66. The molecule has 1 unspecified atom stereocenters. The van der Waals surface area contributed by atoms with E-state index in [0.717, 1.165) is 16.6 Å². The van der Waals surface area contributed by atoms with Crippen molar-refractivity contribution in [2.24, 2.45) is 13.0 Å². The summed E-state index contributed by atoms with van der Waals surface area (Å²) < 4.78 is 1.85. The minimum absolute atomic E-state index is 0.0920. The smallest absolute Gasteiger partial charge is 0.256 e. The fourth-order valence-electron chi connectivity index (χ4n) is 3.04. The number of benzene rings is 2. The number of nitrogens with zero attached hydrogens (tertiary/aromatic N) is 2. The minimum Gasteiger partial charge on any atom is -0.355 e. The molecule has 7 heteroatoms. The maximum atomic E-state index is 12.5. The van der Waals surface area contributed by atoms with Crippen molar-refractivity contribution in [1.82, 2.24) is 20.3 Å². The van der Waals surface area contributed by atoms with Gasteiger partial charge < -0.3 is 9.88 Å². The number of aryl methyl sites for hydroxylation is 1. The standard InChI is InChI=1S/C20H22N4O3/c1-24-17-10-6-5-9-16(17)22-18(24)13-15(20(26)23-27)19(25)21-12-11-14-7-3-2-4-8-14/h2-10,15,27H,11-13H2,1H3,(H,21,25)(H,23,26). The quantitative estimate of drug-likeness (QED) is 0.336. The number of carbonyl (C=O) groups excluding carboxylic acids is 2. The highest BCUT2D eigenvalue weighted by molar-refractivity contribution is 6.00. The highest BCUT2D eigenvalue weighted by Crippen LogP contribution is 2.17. The highest BCUT2D eigenvalue weighted by atomic mass is 16.5. The van der Waals surface area contributed by atoms with Crippen molar-refractivity contribution in [3.63, 3.8) is 0 Å². The Hall–Kier alpha value is -3.19. The average Bonchev–Trinajstić information content (AvgIpc) is 3.02. The summed E-state index contributed by atoms with van der Waals surface area (Å²) in [5, 5.41) is 11.8. The highest BCUT2D eigenvalue weighted by Gasteiger charge is 2.28. The lowest BCUT2D eigenvalue weighted by atomic mass is 10.0. The van der Waals surface area contributed by atoms with Crippen LogP contribution in [0.15, 0.2) is 54.6 Å². The molecule has 1 aromatic heterocycles. The summed E-state index contributed by atoms with van der Waals surface area (Å²) in [7, 11) is 1.84. The Morgan fingerprint density at radius 2 is 1.78 bits per heavy atom. The van der Waals surface area contributed by atoms with Gasteiger partial charge in [0, 0.05) is 20.0 Å². The van der Waals surface area contributed by atoms with Gasteiger partial charge in [-0.15, -0.1) is 0 Å². The van der Waals surface area contributed by atoms with Gasteiger partial charge in [0.1, 0.15) is 11.7 Å². The van der Waals surface area contributed by atoms with E-state index in [1.807, 2.05) is 66.2 Å². The summed E-state index contributed by atoms with van der Waals surface area (Å²) in [6.07, 6.45) is 0.751. The van der Waals surface area contributed by atoms with Gasteiger partial charge in [0.05, 0.1) is 11.0 Å². The number of hydroxylamine groups is 1. The Labute approximate surface area is 157 Å². The Kier molecular flexibility index (Phi) is 5.83. The molecule has 2 aromatic carbocycles. The molecule has 1 atom stereocenters. The van der Waals surface area contributed by atoms with Crippen molar-refractivity contribution in [2.75, 3.05) is 6.54 Å². The summed E-state index contributed by atoms with van der Waals surface area (Å²) in [6, 6.07) is 17.3. The molecule has 0 spiro atoms. The molecule has 140 valence electrons. The van der Waals surface area contributed by atoms with Crippen molar-refractivity contribution in [1.29, 1.82) is 0 Å². The number of aromatic nitrogens is 2. The molecule has 0 saturated heterocycles. The number of rotatable bonds is 7. The number of fused-ring (bicyclic) bond motifs is 1. The van der Waals surface area contributed by atoms with E-state index in [1.165, 1.54) is 0 Å². The number of carbonyl (C=O) groups is 2. The Morgan fingerprint density at radius 3 is 2.48 bits per heavy atom.